The zero-order valence-electron chi connectivity index (χ0n) is 7.80. The van der Waals surface area contributed by atoms with E-state index >= 15 is 0 Å². The van der Waals surface area contributed by atoms with Crippen molar-refractivity contribution in [3.05, 3.63) is 45.9 Å². The van der Waals surface area contributed by atoms with Gasteiger partial charge in [0.1, 0.15) is 5.15 Å². The highest BCUT2D eigenvalue weighted by atomic mass is 79.9. The van der Waals surface area contributed by atoms with Crippen LogP contribution in [-0.2, 0) is 6.54 Å². The Labute approximate surface area is 101 Å². The number of rotatable bonds is 3. The number of hydrogen-bond donors (Lipinski definition) is 2. The molecule has 0 atom stereocenters. The second-order valence-electron chi connectivity index (χ2n) is 3.07. The molecule has 0 aliphatic heterocycles. The molecule has 3 nitrogen and oxygen atoms in total. The van der Waals surface area contributed by atoms with Gasteiger partial charge in [-0.15, -0.1) is 0 Å². The van der Waals surface area contributed by atoms with Crippen molar-refractivity contribution >= 4 is 33.2 Å². The molecule has 2 rings (SSSR count). The fraction of sp³-hybridized carbons (Fsp3) is 0.100. The van der Waals surface area contributed by atoms with Gasteiger partial charge in [0.15, 0.2) is 0 Å². The van der Waals surface area contributed by atoms with Crippen molar-refractivity contribution in [2.75, 3.05) is 5.32 Å². The first kappa shape index (κ1) is 10.5. The minimum absolute atomic E-state index is 0.474. The lowest BCUT2D eigenvalue weighted by molar-refractivity contribution is 1.14. The fourth-order valence-corrected chi connectivity index (χ4v) is 1.64. The molecular weight excluding hydrogens is 277 g/mol. The van der Waals surface area contributed by atoms with Crippen LogP contribution in [0.25, 0.3) is 0 Å². The van der Waals surface area contributed by atoms with Gasteiger partial charge in [-0.1, -0.05) is 11.6 Å². The summed E-state index contributed by atoms with van der Waals surface area (Å²) in [6.45, 7) is 0.763. The maximum atomic E-state index is 5.79. The summed E-state index contributed by atoms with van der Waals surface area (Å²) in [7, 11) is 0. The number of nitrogens with zero attached hydrogens (tertiary/aromatic N) is 1. The smallest absolute Gasteiger partial charge is 0.143 e. The van der Waals surface area contributed by atoms with Crippen LogP contribution in [0.15, 0.2) is 35.2 Å². The Bertz CT molecular complexity index is 442. The zero-order valence-corrected chi connectivity index (χ0v) is 10.1. The van der Waals surface area contributed by atoms with Crippen LogP contribution in [0.3, 0.4) is 0 Å². The highest BCUT2D eigenvalue weighted by Gasteiger charge is 2.00. The van der Waals surface area contributed by atoms with Gasteiger partial charge in [-0.2, -0.15) is 0 Å². The lowest BCUT2D eigenvalue weighted by Gasteiger charge is -2.05. The van der Waals surface area contributed by atoms with Gasteiger partial charge in [-0.25, -0.2) is 4.98 Å². The van der Waals surface area contributed by atoms with E-state index in [1.165, 1.54) is 5.56 Å². The van der Waals surface area contributed by atoms with Gasteiger partial charge in [-0.05, 0) is 33.6 Å². The largest absolute Gasteiger partial charge is 0.380 e. The Kier molecular flexibility index (Phi) is 3.28. The molecule has 15 heavy (non-hydrogen) atoms. The van der Waals surface area contributed by atoms with Crippen LogP contribution in [0.2, 0.25) is 5.15 Å². The van der Waals surface area contributed by atoms with Gasteiger partial charge < -0.3 is 10.3 Å². The number of H-pyrrole nitrogens is 1. The highest BCUT2D eigenvalue weighted by Crippen LogP contribution is 2.23. The summed E-state index contributed by atoms with van der Waals surface area (Å²) in [6.07, 6.45) is 5.55. The molecule has 0 fully saturated rings. The highest BCUT2D eigenvalue weighted by molar-refractivity contribution is 9.10. The van der Waals surface area contributed by atoms with Crippen molar-refractivity contribution in [3.63, 3.8) is 0 Å². The zero-order chi connectivity index (χ0) is 10.7. The Morgan fingerprint density at radius 3 is 3.07 bits per heavy atom. The molecule has 0 aromatic carbocycles. The van der Waals surface area contributed by atoms with E-state index in [2.05, 4.69) is 31.2 Å². The van der Waals surface area contributed by atoms with Gasteiger partial charge in [0.05, 0.1) is 16.4 Å². The molecule has 0 aliphatic rings. The normalized spacial score (nSPS) is 10.3. The fourth-order valence-electron chi connectivity index (χ4n) is 1.19. The van der Waals surface area contributed by atoms with Crippen LogP contribution in [-0.4, -0.2) is 9.97 Å². The van der Waals surface area contributed by atoms with Crippen LogP contribution in [0, 0.1) is 0 Å². The van der Waals surface area contributed by atoms with Gasteiger partial charge in [-0.3, -0.25) is 0 Å². The van der Waals surface area contributed by atoms with E-state index < -0.39 is 0 Å². The quantitative estimate of drug-likeness (QED) is 0.849. The van der Waals surface area contributed by atoms with Crippen molar-refractivity contribution in [2.45, 2.75) is 6.54 Å². The Morgan fingerprint density at radius 1 is 1.53 bits per heavy atom. The topological polar surface area (TPSA) is 40.7 Å². The number of anilines is 1. The maximum absolute atomic E-state index is 5.79. The van der Waals surface area contributed by atoms with E-state index in [4.69, 9.17) is 11.6 Å². The second-order valence-corrected chi connectivity index (χ2v) is 4.28. The average molecular weight is 287 g/mol. The van der Waals surface area contributed by atoms with E-state index in [9.17, 15) is 0 Å². The van der Waals surface area contributed by atoms with Gasteiger partial charge >= 0.3 is 0 Å². The van der Waals surface area contributed by atoms with Crippen molar-refractivity contribution in [2.24, 2.45) is 0 Å². The lowest BCUT2D eigenvalue weighted by Crippen LogP contribution is -1.98. The summed E-state index contributed by atoms with van der Waals surface area (Å²) in [6, 6.07) is 3.92. The third kappa shape index (κ3) is 2.73. The molecule has 2 aromatic rings. The lowest BCUT2D eigenvalue weighted by atomic mass is 10.3. The number of halogens is 2. The third-order valence-electron chi connectivity index (χ3n) is 1.96. The molecule has 0 saturated heterocycles. The molecule has 0 saturated carbocycles. The van der Waals surface area contributed by atoms with Crippen molar-refractivity contribution in [1.29, 1.82) is 0 Å². The van der Waals surface area contributed by atoms with Gasteiger partial charge in [0.25, 0.3) is 0 Å². The molecular formula is C10H9BrClN3. The Hall–Kier alpha value is -1.00. The van der Waals surface area contributed by atoms with Crippen molar-refractivity contribution < 1.29 is 0 Å². The first-order valence-electron chi connectivity index (χ1n) is 4.42. The van der Waals surface area contributed by atoms with E-state index in [1.54, 1.807) is 6.20 Å². The molecule has 0 amide bonds. The van der Waals surface area contributed by atoms with Crippen LogP contribution in [0.4, 0.5) is 5.69 Å². The molecule has 2 heterocycles. The first-order valence-corrected chi connectivity index (χ1v) is 5.59. The number of aromatic amines is 1. The summed E-state index contributed by atoms with van der Waals surface area (Å²) >= 11 is 9.11. The molecule has 0 radical (unpaired) electrons. The second kappa shape index (κ2) is 4.68. The van der Waals surface area contributed by atoms with Gasteiger partial charge in [0, 0.05) is 18.9 Å². The van der Waals surface area contributed by atoms with Crippen LogP contribution >= 0.6 is 27.5 Å². The van der Waals surface area contributed by atoms with E-state index in [0.717, 1.165) is 16.7 Å². The van der Waals surface area contributed by atoms with E-state index in [1.807, 2.05) is 24.5 Å². The summed E-state index contributed by atoms with van der Waals surface area (Å²) in [5.74, 6) is 0. The van der Waals surface area contributed by atoms with Gasteiger partial charge in [0.2, 0.25) is 0 Å². The first-order chi connectivity index (χ1) is 7.25. The van der Waals surface area contributed by atoms with Crippen LogP contribution in [0.1, 0.15) is 5.56 Å². The summed E-state index contributed by atoms with van der Waals surface area (Å²) in [5, 5.41) is 3.72. The number of pyridine rings is 1. The Morgan fingerprint density at radius 2 is 2.40 bits per heavy atom. The predicted octanol–water partition coefficient (Wildman–Crippen LogP) is 3.44. The summed E-state index contributed by atoms with van der Waals surface area (Å²) < 4.78 is 0.795. The minimum atomic E-state index is 0.474. The maximum Gasteiger partial charge on any atom is 0.143 e. The molecule has 0 aliphatic carbocycles. The third-order valence-corrected chi connectivity index (χ3v) is 3.09. The molecule has 2 aromatic heterocycles. The van der Waals surface area contributed by atoms with Crippen molar-refractivity contribution in [3.8, 4) is 0 Å². The summed E-state index contributed by atoms with van der Waals surface area (Å²) in [5.41, 5.74) is 2.13. The molecule has 0 spiro atoms. The van der Waals surface area contributed by atoms with E-state index in [-0.39, 0.29) is 0 Å². The SMILES string of the molecule is Clc1ncc(NCc2cc[nH]c2)cc1Br. The molecule has 78 valence electrons. The van der Waals surface area contributed by atoms with E-state index in [0.29, 0.717) is 5.15 Å². The molecule has 0 unspecified atom stereocenters. The summed E-state index contributed by atoms with van der Waals surface area (Å²) in [4.78, 5) is 7.03. The van der Waals surface area contributed by atoms with Crippen molar-refractivity contribution in [1.82, 2.24) is 9.97 Å². The predicted molar refractivity (Wildman–Crippen MR) is 65.1 cm³/mol. The minimum Gasteiger partial charge on any atom is -0.380 e. The Balaban J connectivity index is 2.02. The average Bonchev–Trinajstić information content (AvgIpc) is 2.73. The molecule has 5 heteroatoms. The van der Waals surface area contributed by atoms with Crippen LogP contribution in [0.5, 0.6) is 0 Å². The van der Waals surface area contributed by atoms with Crippen LogP contribution < -0.4 is 5.32 Å². The number of nitrogens with one attached hydrogen (secondary N) is 2. The molecule has 0 bridgehead atoms. The molecule has 2 N–H and O–H groups in total. The standard InChI is InChI=1S/C10H9BrClN3/c11-9-3-8(6-15-10(9)12)14-5-7-1-2-13-4-7/h1-4,6,13-14H,5H2. The number of aromatic nitrogens is 2. The monoisotopic (exact) mass is 285 g/mol. The number of hydrogen-bond acceptors (Lipinski definition) is 2.